The number of ketones is 1. The number of carbonyl (C=O) groups is 2. The maximum absolute atomic E-state index is 11.1. The molecule has 2 rings (SSSR count). The number of nitrogens with one attached hydrogen (secondary N) is 1. The van der Waals surface area contributed by atoms with Crippen molar-refractivity contribution in [1.82, 2.24) is 0 Å². The topological polar surface area (TPSA) is 66.4 Å². The SMILES string of the molecule is O=C1CNc2ccc(C(=O)O)cc2C1. The van der Waals surface area contributed by atoms with E-state index in [9.17, 15) is 9.59 Å². The molecule has 14 heavy (non-hydrogen) atoms. The molecule has 0 saturated heterocycles. The Kier molecular flexibility index (Phi) is 1.96. The van der Waals surface area contributed by atoms with E-state index in [1.807, 2.05) is 0 Å². The van der Waals surface area contributed by atoms with Gasteiger partial charge in [-0.2, -0.15) is 0 Å². The van der Waals surface area contributed by atoms with Crippen LogP contribution >= 0.6 is 0 Å². The molecule has 4 heteroatoms. The van der Waals surface area contributed by atoms with Gasteiger partial charge >= 0.3 is 5.97 Å². The van der Waals surface area contributed by atoms with Gasteiger partial charge in [0.05, 0.1) is 12.1 Å². The summed E-state index contributed by atoms with van der Waals surface area (Å²) in [4.78, 5) is 21.8. The Morgan fingerprint density at radius 3 is 2.93 bits per heavy atom. The Hall–Kier alpha value is -1.84. The summed E-state index contributed by atoms with van der Waals surface area (Å²) in [6.07, 6.45) is 0.323. The van der Waals surface area contributed by atoms with E-state index in [1.54, 1.807) is 12.1 Å². The first-order valence-corrected chi connectivity index (χ1v) is 4.28. The van der Waals surface area contributed by atoms with Gasteiger partial charge in [-0.05, 0) is 23.8 Å². The number of carbonyl (C=O) groups excluding carboxylic acids is 1. The Bertz CT molecular complexity index is 412. The second kappa shape index (κ2) is 3.14. The molecule has 0 aliphatic carbocycles. The van der Waals surface area contributed by atoms with Crippen LogP contribution in [-0.4, -0.2) is 23.4 Å². The fourth-order valence-electron chi connectivity index (χ4n) is 1.51. The fraction of sp³-hybridized carbons (Fsp3) is 0.200. The van der Waals surface area contributed by atoms with Crippen molar-refractivity contribution in [3.05, 3.63) is 29.3 Å². The standard InChI is InChI=1S/C10H9NO3/c12-8-4-7-3-6(10(13)14)1-2-9(7)11-5-8/h1-3,11H,4-5H2,(H,13,14). The van der Waals surface area contributed by atoms with E-state index in [0.717, 1.165) is 11.3 Å². The van der Waals surface area contributed by atoms with Crippen molar-refractivity contribution in [2.75, 3.05) is 11.9 Å². The van der Waals surface area contributed by atoms with Gasteiger partial charge in [0.1, 0.15) is 0 Å². The van der Waals surface area contributed by atoms with E-state index < -0.39 is 5.97 Å². The van der Waals surface area contributed by atoms with Gasteiger partial charge in [0.15, 0.2) is 5.78 Å². The number of rotatable bonds is 1. The first-order valence-electron chi connectivity index (χ1n) is 4.28. The second-order valence-electron chi connectivity index (χ2n) is 3.25. The molecule has 2 N–H and O–H groups in total. The monoisotopic (exact) mass is 191 g/mol. The largest absolute Gasteiger partial charge is 0.478 e. The van der Waals surface area contributed by atoms with Crippen molar-refractivity contribution in [3.8, 4) is 0 Å². The van der Waals surface area contributed by atoms with E-state index in [4.69, 9.17) is 5.11 Å². The summed E-state index contributed by atoms with van der Waals surface area (Å²) in [6, 6.07) is 4.77. The average Bonchev–Trinajstić information content (AvgIpc) is 2.16. The molecule has 0 bridgehead atoms. The van der Waals surface area contributed by atoms with Crippen LogP contribution in [0, 0.1) is 0 Å². The summed E-state index contributed by atoms with van der Waals surface area (Å²) < 4.78 is 0. The van der Waals surface area contributed by atoms with Crippen LogP contribution in [0.1, 0.15) is 15.9 Å². The molecule has 0 saturated carbocycles. The van der Waals surface area contributed by atoms with Crippen LogP contribution in [-0.2, 0) is 11.2 Å². The number of carboxylic acid groups (broad SMARTS) is 1. The summed E-state index contributed by atoms with van der Waals surface area (Å²) in [6.45, 7) is 0.333. The minimum absolute atomic E-state index is 0.0834. The molecule has 1 aliphatic heterocycles. The van der Waals surface area contributed by atoms with E-state index in [0.29, 0.717) is 13.0 Å². The highest BCUT2D eigenvalue weighted by Crippen LogP contribution is 2.21. The maximum atomic E-state index is 11.1. The molecule has 4 nitrogen and oxygen atoms in total. The second-order valence-corrected chi connectivity index (χ2v) is 3.25. The third kappa shape index (κ3) is 1.46. The molecule has 0 fully saturated rings. The highest BCUT2D eigenvalue weighted by molar-refractivity contribution is 5.93. The smallest absolute Gasteiger partial charge is 0.335 e. The predicted molar refractivity (Wildman–Crippen MR) is 50.6 cm³/mol. The summed E-state index contributed by atoms with van der Waals surface area (Å²) >= 11 is 0. The maximum Gasteiger partial charge on any atom is 0.335 e. The lowest BCUT2D eigenvalue weighted by atomic mass is 10.0. The fourth-order valence-corrected chi connectivity index (χ4v) is 1.51. The molecule has 0 spiro atoms. The van der Waals surface area contributed by atoms with Gasteiger partial charge < -0.3 is 10.4 Å². The first kappa shape index (κ1) is 8.74. The quantitative estimate of drug-likeness (QED) is 0.692. The van der Waals surface area contributed by atoms with Crippen LogP contribution in [0.5, 0.6) is 0 Å². The van der Waals surface area contributed by atoms with Gasteiger partial charge in [-0.1, -0.05) is 0 Å². The molecular weight excluding hydrogens is 182 g/mol. The molecule has 1 aromatic rings. The molecule has 1 aromatic carbocycles. The minimum Gasteiger partial charge on any atom is -0.478 e. The van der Waals surface area contributed by atoms with Crippen LogP contribution in [0.15, 0.2) is 18.2 Å². The summed E-state index contributed by atoms with van der Waals surface area (Å²) in [5.41, 5.74) is 1.84. The Labute approximate surface area is 80.6 Å². The van der Waals surface area contributed by atoms with Crippen LogP contribution in [0.2, 0.25) is 0 Å². The lowest BCUT2D eigenvalue weighted by Crippen LogP contribution is -2.22. The van der Waals surface area contributed by atoms with Gasteiger partial charge in [-0.3, -0.25) is 4.79 Å². The highest BCUT2D eigenvalue weighted by Gasteiger charge is 2.16. The zero-order chi connectivity index (χ0) is 10.1. The average molecular weight is 191 g/mol. The number of Topliss-reactive ketones (excluding diaryl/α,β-unsaturated/α-hetero) is 1. The number of fused-ring (bicyclic) bond motifs is 1. The summed E-state index contributed by atoms with van der Waals surface area (Å²) in [5, 5.41) is 11.7. The third-order valence-electron chi connectivity index (χ3n) is 2.22. The van der Waals surface area contributed by atoms with E-state index in [2.05, 4.69) is 5.32 Å². The lowest BCUT2D eigenvalue weighted by molar-refractivity contribution is -0.117. The predicted octanol–water partition coefficient (Wildman–Crippen LogP) is 0.922. The van der Waals surface area contributed by atoms with E-state index in [-0.39, 0.29) is 11.3 Å². The van der Waals surface area contributed by atoms with Crippen LogP contribution in [0.4, 0.5) is 5.69 Å². The van der Waals surface area contributed by atoms with Crippen molar-refractivity contribution in [2.24, 2.45) is 0 Å². The van der Waals surface area contributed by atoms with Crippen LogP contribution < -0.4 is 5.32 Å². The number of benzene rings is 1. The van der Waals surface area contributed by atoms with Crippen LogP contribution in [0.3, 0.4) is 0 Å². The van der Waals surface area contributed by atoms with Crippen molar-refractivity contribution in [1.29, 1.82) is 0 Å². The molecule has 0 unspecified atom stereocenters. The number of anilines is 1. The van der Waals surface area contributed by atoms with Crippen molar-refractivity contribution in [2.45, 2.75) is 6.42 Å². The van der Waals surface area contributed by atoms with Gasteiger partial charge in [0.25, 0.3) is 0 Å². The molecule has 72 valence electrons. The van der Waals surface area contributed by atoms with Gasteiger partial charge in [-0.15, -0.1) is 0 Å². The molecule has 0 atom stereocenters. The van der Waals surface area contributed by atoms with Gasteiger partial charge in [-0.25, -0.2) is 4.79 Å². The Morgan fingerprint density at radius 1 is 1.43 bits per heavy atom. The van der Waals surface area contributed by atoms with Gasteiger partial charge in [0, 0.05) is 12.1 Å². The molecule has 0 radical (unpaired) electrons. The van der Waals surface area contributed by atoms with Crippen molar-refractivity contribution >= 4 is 17.4 Å². The minimum atomic E-state index is -0.967. The zero-order valence-corrected chi connectivity index (χ0v) is 7.41. The summed E-state index contributed by atoms with van der Waals surface area (Å²) in [5.74, 6) is -0.883. The Morgan fingerprint density at radius 2 is 2.21 bits per heavy atom. The Balaban J connectivity index is 2.42. The lowest BCUT2D eigenvalue weighted by Gasteiger charge is -2.16. The third-order valence-corrected chi connectivity index (χ3v) is 2.22. The first-order chi connectivity index (χ1) is 6.66. The molecule has 1 aliphatic rings. The van der Waals surface area contributed by atoms with E-state index >= 15 is 0 Å². The normalized spacial score (nSPS) is 14.4. The molecular formula is C10H9NO3. The molecule has 0 aromatic heterocycles. The van der Waals surface area contributed by atoms with Gasteiger partial charge in [0.2, 0.25) is 0 Å². The highest BCUT2D eigenvalue weighted by atomic mass is 16.4. The molecule has 1 heterocycles. The van der Waals surface area contributed by atoms with Crippen LogP contribution in [0.25, 0.3) is 0 Å². The van der Waals surface area contributed by atoms with Crippen molar-refractivity contribution < 1.29 is 14.7 Å². The summed E-state index contributed by atoms with van der Waals surface area (Å²) in [7, 11) is 0. The number of hydrogen-bond donors (Lipinski definition) is 2. The number of carboxylic acids is 1. The zero-order valence-electron chi connectivity index (χ0n) is 7.41. The number of aromatic carboxylic acids is 1. The number of hydrogen-bond acceptors (Lipinski definition) is 3. The molecule has 0 amide bonds. The van der Waals surface area contributed by atoms with Crippen molar-refractivity contribution in [3.63, 3.8) is 0 Å². The van der Waals surface area contributed by atoms with E-state index in [1.165, 1.54) is 6.07 Å².